The molecular weight excluding hydrogens is 280 g/mol. The van der Waals surface area contributed by atoms with E-state index in [2.05, 4.69) is 0 Å². The lowest BCUT2D eigenvalue weighted by atomic mass is 10.2. The SMILES string of the molecule is Cl.O=C1C=CC(=O)N1c1c(F)c(F)cc2ccoc12. The molecule has 0 radical (unpaired) electrons. The number of halogens is 3. The number of hydrogen-bond acceptors (Lipinski definition) is 3. The van der Waals surface area contributed by atoms with Gasteiger partial charge in [0.1, 0.15) is 5.69 Å². The third-order valence-corrected chi connectivity index (χ3v) is 2.64. The molecule has 1 aromatic carbocycles. The first-order valence-corrected chi connectivity index (χ1v) is 5.01. The van der Waals surface area contributed by atoms with E-state index in [9.17, 15) is 18.4 Å². The topological polar surface area (TPSA) is 50.5 Å². The molecule has 0 saturated carbocycles. The molecule has 0 atom stereocenters. The summed E-state index contributed by atoms with van der Waals surface area (Å²) in [6, 6.07) is 2.36. The third-order valence-electron chi connectivity index (χ3n) is 2.64. The summed E-state index contributed by atoms with van der Waals surface area (Å²) in [5.74, 6) is -3.90. The van der Waals surface area contributed by atoms with E-state index in [1.54, 1.807) is 0 Å². The lowest BCUT2D eigenvalue weighted by Gasteiger charge is -2.15. The Morgan fingerprint density at radius 2 is 1.74 bits per heavy atom. The van der Waals surface area contributed by atoms with Gasteiger partial charge >= 0.3 is 0 Å². The van der Waals surface area contributed by atoms with Crippen LogP contribution in [0, 0.1) is 11.6 Å². The molecule has 0 unspecified atom stereocenters. The number of carbonyl (C=O) groups excluding carboxylic acids is 2. The number of hydrogen-bond donors (Lipinski definition) is 0. The summed E-state index contributed by atoms with van der Waals surface area (Å²) < 4.78 is 32.2. The molecule has 2 aromatic rings. The van der Waals surface area contributed by atoms with Crippen LogP contribution in [-0.4, -0.2) is 11.8 Å². The molecule has 2 heterocycles. The third kappa shape index (κ3) is 1.80. The fourth-order valence-corrected chi connectivity index (χ4v) is 1.86. The zero-order valence-corrected chi connectivity index (χ0v) is 10.0. The van der Waals surface area contributed by atoms with Crippen LogP contribution in [0.3, 0.4) is 0 Å². The van der Waals surface area contributed by atoms with Gasteiger partial charge in [-0.2, -0.15) is 0 Å². The Bertz CT molecular complexity index is 705. The van der Waals surface area contributed by atoms with E-state index < -0.39 is 29.1 Å². The molecule has 0 aliphatic carbocycles. The number of furan rings is 1. The fraction of sp³-hybridized carbons (Fsp3) is 0. The van der Waals surface area contributed by atoms with Crippen molar-refractivity contribution in [2.24, 2.45) is 0 Å². The van der Waals surface area contributed by atoms with Gasteiger partial charge in [-0.15, -0.1) is 12.4 Å². The Hall–Kier alpha value is -2.21. The van der Waals surface area contributed by atoms with E-state index in [0.29, 0.717) is 4.90 Å². The maximum absolute atomic E-state index is 13.8. The van der Waals surface area contributed by atoms with E-state index in [-0.39, 0.29) is 23.4 Å². The van der Waals surface area contributed by atoms with E-state index in [4.69, 9.17) is 4.42 Å². The summed E-state index contributed by atoms with van der Waals surface area (Å²) >= 11 is 0. The van der Waals surface area contributed by atoms with Gasteiger partial charge in [-0.1, -0.05) is 0 Å². The van der Waals surface area contributed by atoms with E-state index in [0.717, 1.165) is 18.2 Å². The number of benzene rings is 1. The fourth-order valence-electron chi connectivity index (χ4n) is 1.86. The van der Waals surface area contributed by atoms with Crippen molar-refractivity contribution in [3.63, 3.8) is 0 Å². The standard InChI is InChI=1S/C12H5F2NO3.ClH/c13-7-5-6-3-4-18-12(6)11(10(7)14)15-8(16)1-2-9(15)17;/h1-5H;1H. The smallest absolute Gasteiger partial charge is 0.258 e. The number of fused-ring (bicyclic) bond motifs is 1. The number of carbonyl (C=O) groups is 2. The van der Waals surface area contributed by atoms with Gasteiger partial charge in [0, 0.05) is 17.5 Å². The molecule has 2 amide bonds. The molecule has 1 aliphatic heterocycles. The summed E-state index contributed by atoms with van der Waals surface area (Å²) in [7, 11) is 0. The molecule has 1 aliphatic rings. The van der Waals surface area contributed by atoms with Gasteiger partial charge in [-0.25, -0.2) is 13.7 Å². The Morgan fingerprint density at radius 3 is 2.37 bits per heavy atom. The first-order valence-electron chi connectivity index (χ1n) is 5.01. The first kappa shape index (κ1) is 13.2. The Labute approximate surface area is 111 Å². The highest BCUT2D eigenvalue weighted by molar-refractivity contribution is 6.29. The summed E-state index contributed by atoms with van der Waals surface area (Å²) in [6.07, 6.45) is 3.20. The lowest BCUT2D eigenvalue weighted by Crippen LogP contribution is -2.30. The zero-order chi connectivity index (χ0) is 12.9. The summed E-state index contributed by atoms with van der Waals surface area (Å²) in [4.78, 5) is 23.5. The van der Waals surface area contributed by atoms with E-state index >= 15 is 0 Å². The molecule has 0 fully saturated rings. The van der Waals surface area contributed by atoms with Gasteiger partial charge in [-0.05, 0) is 12.1 Å². The van der Waals surface area contributed by atoms with Gasteiger partial charge in [0.2, 0.25) is 0 Å². The second-order valence-electron chi connectivity index (χ2n) is 3.71. The first-order chi connectivity index (χ1) is 8.59. The number of nitrogens with zero attached hydrogens (tertiary/aromatic N) is 1. The maximum Gasteiger partial charge on any atom is 0.258 e. The molecule has 19 heavy (non-hydrogen) atoms. The second-order valence-corrected chi connectivity index (χ2v) is 3.71. The van der Waals surface area contributed by atoms with Crippen molar-refractivity contribution in [3.05, 3.63) is 42.2 Å². The number of amides is 2. The van der Waals surface area contributed by atoms with Crippen molar-refractivity contribution in [2.75, 3.05) is 4.90 Å². The van der Waals surface area contributed by atoms with Crippen molar-refractivity contribution < 1.29 is 22.8 Å². The highest BCUT2D eigenvalue weighted by atomic mass is 35.5. The predicted molar refractivity (Wildman–Crippen MR) is 65.0 cm³/mol. The van der Waals surface area contributed by atoms with E-state index in [1.807, 2.05) is 0 Å². The number of anilines is 1. The average Bonchev–Trinajstić information content (AvgIpc) is 2.90. The minimum atomic E-state index is -1.29. The van der Waals surface area contributed by atoms with Crippen LogP contribution >= 0.6 is 12.4 Å². The van der Waals surface area contributed by atoms with Crippen LogP contribution in [0.25, 0.3) is 11.0 Å². The summed E-state index contributed by atoms with van der Waals surface area (Å²) in [5, 5.41) is 0.274. The molecule has 0 N–H and O–H groups in total. The molecule has 98 valence electrons. The maximum atomic E-state index is 13.8. The van der Waals surface area contributed by atoms with Crippen LogP contribution in [0.5, 0.6) is 0 Å². The summed E-state index contributed by atoms with van der Waals surface area (Å²) in [6.45, 7) is 0. The van der Waals surface area contributed by atoms with Crippen LogP contribution in [0.2, 0.25) is 0 Å². The lowest BCUT2D eigenvalue weighted by molar-refractivity contribution is -0.120. The minimum absolute atomic E-state index is 0. The number of rotatable bonds is 1. The minimum Gasteiger partial charge on any atom is -0.462 e. The van der Waals surface area contributed by atoms with Gasteiger partial charge in [0.15, 0.2) is 17.2 Å². The Balaban J connectivity index is 0.00000133. The highest BCUT2D eigenvalue weighted by Gasteiger charge is 2.32. The second kappa shape index (κ2) is 4.47. The zero-order valence-electron chi connectivity index (χ0n) is 9.22. The van der Waals surface area contributed by atoms with Gasteiger partial charge in [0.05, 0.1) is 6.26 Å². The quantitative estimate of drug-likeness (QED) is 0.757. The number of imide groups is 1. The van der Waals surface area contributed by atoms with Crippen LogP contribution < -0.4 is 4.90 Å². The largest absolute Gasteiger partial charge is 0.462 e. The molecule has 4 nitrogen and oxygen atoms in total. The van der Waals surface area contributed by atoms with Gasteiger partial charge in [-0.3, -0.25) is 9.59 Å². The van der Waals surface area contributed by atoms with Crippen molar-refractivity contribution in [2.45, 2.75) is 0 Å². The van der Waals surface area contributed by atoms with Crippen molar-refractivity contribution in [1.29, 1.82) is 0 Å². The van der Waals surface area contributed by atoms with Crippen molar-refractivity contribution >= 4 is 40.9 Å². The van der Waals surface area contributed by atoms with Crippen LogP contribution in [0.4, 0.5) is 14.5 Å². The van der Waals surface area contributed by atoms with Crippen LogP contribution in [-0.2, 0) is 9.59 Å². The van der Waals surface area contributed by atoms with Crippen LogP contribution in [0.15, 0.2) is 35.0 Å². The molecule has 0 spiro atoms. The molecule has 1 aromatic heterocycles. The summed E-state index contributed by atoms with van der Waals surface area (Å²) in [5.41, 5.74) is -0.533. The van der Waals surface area contributed by atoms with Crippen molar-refractivity contribution in [1.82, 2.24) is 0 Å². The highest BCUT2D eigenvalue weighted by Crippen LogP contribution is 2.34. The van der Waals surface area contributed by atoms with Gasteiger partial charge < -0.3 is 4.42 Å². The normalized spacial score (nSPS) is 14.3. The molecule has 7 heteroatoms. The molecule has 0 bridgehead atoms. The van der Waals surface area contributed by atoms with E-state index in [1.165, 1.54) is 12.3 Å². The Morgan fingerprint density at radius 1 is 1.11 bits per heavy atom. The van der Waals surface area contributed by atoms with Crippen molar-refractivity contribution in [3.8, 4) is 0 Å². The Kier molecular flexibility index (Phi) is 3.11. The predicted octanol–water partition coefficient (Wildman–Crippen LogP) is 2.56. The van der Waals surface area contributed by atoms with Crippen LogP contribution in [0.1, 0.15) is 0 Å². The molecule has 3 rings (SSSR count). The van der Waals surface area contributed by atoms with Gasteiger partial charge in [0.25, 0.3) is 11.8 Å². The monoisotopic (exact) mass is 285 g/mol. The molecular formula is C12H6ClF2NO3. The average molecular weight is 286 g/mol. The molecule has 0 saturated heterocycles.